The lowest BCUT2D eigenvalue weighted by Crippen LogP contribution is -2.02. The lowest BCUT2D eigenvalue weighted by atomic mass is 10.2. The van der Waals surface area contributed by atoms with Gasteiger partial charge in [0.25, 0.3) is 0 Å². The molecule has 1 rings (SSSR count). The molecule has 0 aromatic heterocycles. The highest BCUT2D eigenvalue weighted by Gasteiger charge is 2.12. The molecular weight excluding hydrogens is 182 g/mol. The summed E-state index contributed by atoms with van der Waals surface area (Å²) in [5.74, 6) is -0.959. The summed E-state index contributed by atoms with van der Waals surface area (Å²) < 4.78 is 3.91. The third kappa shape index (κ3) is 1.43. The van der Waals surface area contributed by atoms with Crippen molar-refractivity contribution in [2.75, 3.05) is 5.73 Å². The van der Waals surface area contributed by atoms with Gasteiger partial charge in [0.2, 0.25) is 0 Å². The third-order valence-corrected chi connectivity index (χ3v) is 1.51. The molecule has 12 heavy (non-hydrogen) atoms. The molecule has 0 aliphatic rings. The predicted molar refractivity (Wildman–Crippen MR) is 43.8 cm³/mol. The number of para-hydroxylation sites is 1. The molecule has 0 saturated carbocycles. The third-order valence-electron chi connectivity index (χ3n) is 1.37. The summed E-state index contributed by atoms with van der Waals surface area (Å²) in [6.07, 6.45) is 0. The van der Waals surface area contributed by atoms with Crippen LogP contribution in [0.5, 0.6) is 5.75 Å². The van der Waals surface area contributed by atoms with Gasteiger partial charge in [0.15, 0.2) is 0 Å². The first kappa shape index (κ1) is 8.67. The number of nitrogens with two attached hydrogens (primary N) is 1. The minimum atomic E-state index is -0.787. The van der Waals surface area contributed by atoms with E-state index in [2.05, 4.69) is 4.29 Å². The van der Waals surface area contributed by atoms with Gasteiger partial charge >= 0.3 is 5.97 Å². The zero-order chi connectivity index (χ0) is 9.14. The van der Waals surface area contributed by atoms with Crippen molar-refractivity contribution in [3.05, 3.63) is 23.8 Å². The molecule has 5 heteroatoms. The maximum Gasteiger partial charge on any atom is 0.358 e. The van der Waals surface area contributed by atoms with Crippen LogP contribution < -0.4 is 5.73 Å². The molecule has 64 valence electrons. The van der Waals surface area contributed by atoms with Crippen molar-refractivity contribution < 1.29 is 14.2 Å². The number of rotatable bonds is 1. The second kappa shape index (κ2) is 3.32. The quantitative estimate of drug-likeness (QED) is 0.513. The topological polar surface area (TPSA) is 72.5 Å². The second-order valence-corrected chi connectivity index (χ2v) is 2.26. The standard InChI is InChI=1S/C7H6ClNO3/c8-12-7(11)4-2-1-3-5(10)6(4)9/h1-3,10H,9H2. The molecule has 4 nitrogen and oxygen atoms in total. The van der Waals surface area contributed by atoms with Crippen molar-refractivity contribution in [2.24, 2.45) is 0 Å². The van der Waals surface area contributed by atoms with E-state index in [4.69, 9.17) is 22.7 Å². The van der Waals surface area contributed by atoms with Gasteiger partial charge in [0.1, 0.15) is 17.6 Å². The number of anilines is 1. The van der Waals surface area contributed by atoms with Gasteiger partial charge in [-0.1, -0.05) is 6.07 Å². The van der Waals surface area contributed by atoms with Gasteiger partial charge in [-0.15, -0.1) is 0 Å². The Hall–Kier alpha value is -1.42. The molecule has 0 amide bonds. The maximum absolute atomic E-state index is 10.8. The lowest BCUT2D eigenvalue weighted by molar-refractivity contribution is 0.0752. The monoisotopic (exact) mass is 187 g/mol. The van der Waals surface area contributed by atoms with Crippen molar-refractivity contribution in [1.82, 2.24) is 0 Å². The molecule has 0 atom stereocenters. The van der Waals surface area contributed by atoms with Crippen LogP contribution in [0, 0.1) is 0 Å². The van der Waals surface area contributed by atoms with Crippen molar-refractivity contribution >= 4 is 23.5 Å². The van der Waals surface area contributed by atoms with Crippen LogP contribution in [0.25, 0.3) is 0 Å². The normalized spacial score (nSPS) is 9.42. The van der Waals surface area contributed by atoms with E-state index >= 15 is 0 Å². The summed E-state index contributed by atoms with van der Waals surface area (Å²) in [7, 11) is 0. The molecule has 0 saturated heterocycles. The number of phenolic OH excluding ortho intramolecular Hbond substituents is 1. The van der Waals surface area contributed by atoms with Crippen LogP contribution in [0.15, 0.2) is 18.2 Å². The fourth-order valence-corrected chi connectivity index (χ4v) is 0.856. The van der Waals surface area contributed by atoms with Crippen LogP contribution in [0.1, 0.15) is 10.4 Å². The number of phenols is 1. The van der Waals surface area contributed by atoms with E-state index in [-0.39, 0.29) is 17.0 Å². The highest BCUT2D eigenvalue weighted by molar-refractivity contribution is 6.16. The minimum absolute atomic E-state index is 0.0387. The summed E-state index contributed by atoms with van der Waals surface area (Å²) in [6.45, 7) is 0. The van der Waals surface area contributed by atoms with Crippen molar-refractivity contribution in [3.8, 4) is 5.75 Å². The molecule has 0 radical (unpaired) electrons. The number of benzene rings is 1. The molecule has 3 N–H and O–H groups in total. The Kier molecular flexibility index (Phi) is 2.40. The van der Waals surface area contributed by atoms with Crippen LogP contribution in [0.4, 0.5) is 5.69 Å². The SMILES string of the molecule is Nc1c(O)cccc1C(=O)OCl. The maximum atomic E-state index is 10.8. The average molecular weight is 188 g/mol. The summed E-state index contributed by atoms with van der Waals surface area (Å²) in [5.41, 5.74) is 5.36. The van der Waals surface area contributed by atoms with Crippen molar-refractivity contribution in [1.29, 1.82) is 0 Å². The van der Waals surface area contributed by atoms with Crippen molar-refractivity contribution in [3.63, 3.8) is 0 Å². The summed E-state index contributed by atoms with van der Waals surface area (Å²) in [4.78, 5) is 10.8. The predicted octanol–water partition coefficient (Wildman–Crippen LogP) is 1.28. The number of carbonyl (C=O) groups is 1. The molecule has 0 unspecified atom stereocenters. The Morgan fingerprint density at radius 2 is 2.25 bits per heavy atom. The first-order chi connectivity index (χ1) is 5.66. The molecule has 1 aromatic carbocycles. The highest BCUT2D eigenvalue weighted by Crippen LogP contribution is 2.24. The first-order valence-electron chi connectivity index (χ1n) is 3.07. The van der Waals surface area contributed by atoms with E-state index in [0.717, 1.165) is 0 Å². The molecule has 0 fully saturated rings. The van der Waals surface area contributed by atoms with E-state index in [9.17, 15) is 4.79 Å². The molecule has 0 heterocycles. The Morgan fingerprint density at radius 3 is 2.83 bits per heavy atom. The van der Waals surface area contributed by atoms with E-state index in [1.165, 1.54) is 18.2 Å². The van der Waals surface area contributed by atoms with Crippen LogP contribution in [0.3, 0.4) is 0 Å². The van der Waals surface area contributed by atoms with Crippen LogP contribution >= 0.6 is 11.9 Å². The van der Waals surface area contributed by atoms with Gasteiger partial charge in [-0.3, -0.25) is 0 Å². The number of hydrogen-bond acceptors (Lipinski definition) is 4. The average Bonchev–Trinajstić information content (AvgIpc) is 2.08. The first-order valence-corrected chi connectivity index (χ1v) is 3.38. The number of nitrogen functional groups attached to an aromatic ring is 1. The zero-order valence-electron chi connectivity index (χ0n) is 5.95. The van der Waals surface area contributed by atoms with Gasteiger partial charge in [0, 0.05) is 0 Å². The van der Waals surface area contributed by atoms with Crippen molar-refractivity contribution in [2.45, 2.75) is 0 Å². The van der Waals surface area contributed by atoms with E-state index in [1.807, 2.05) is 0 Å². The summed E-state index contributed by atoms with van der Waals surface area (Å²) in [6, 6.07) is 4.23. The van der Waals surface area contributed by atoms with Crippen LogP contribution in [0.2, 0.25) is 0 Å². The molecular formula is C7H6ClNO3. The van der Waals surface area contributed by atoms with Crippen LogP contribution in [-0.2, 0) is 4.29 Å². The van der Waals surface area contributed by atoms with Gasteiger partial charge in [-0.25, -0.2) is 4.79 Å². The zero-order valence-corrected chi connectivity index (χ0v) is 6.71. The Bertz CT molecular complexity index is 314. The molecule has 1 aromatic rings. The molecule has 0 aliphatic carbocycles. The Labute approximate surface area is 73.7 Å². The summed E-state index contributed by atoms with van der Waals surface area (Å²) in [5, 5.41) is 9.07. The Balaban J connectivity index is 3.16. The van der Waals surface area contributed by atoms with Gasteiger partial charge in [0.05, 0.1) is 11.3 Å². The number of halogens is 1. The lowest BCUT2D eigenvalue weighted by Gasteiger charge is -2.02. The van der Waals surface area contributed by atoms with E-state index in [1.54, 1.807) is 0 Å². The largest absolute Gasteiger partial charge is 0.506 e. The molecule has 0 bridgehead atoms. The smallest absolute Gasteiger partial charge is 0.358 e. The molecule has 0 aliphatic heterocycles. The van der Waals surface area contributed by atoms with Gasteiger partial charge < -0.3 is 15.1 Å². The minimum Gasteiger partial charge on any atom is -0.506 e. The number of carbonyl (C=O) groups excluding carboxylic acids is 1. The van der Waals surface area contributed by atoms with Crippen LogP contribution in [-0.4, -0.2) is 11.1 Å². The second-order valence-electron chi connectivity index (χ2n) is 2.10. The van der Waals surface area contributed by atoms with E-state index < -0.39 is 5.97 Å². The molecule has 0 spiro atoms. The number of hydrogen-bond donors (Lipinski definition) is 2. The van der Waals surface area contributed by atoms with Gasteiger partial charge in [-0.2, -0.15) is 0 Å². The van der Waals surface area contributed by atoms with E-state index in [0.29, 0.717) is 0 Å². The fraction of sp³-hybridized carbons (Fsp3) is 0. The Morgan fingerprint density at radius 1 is 1.58 bits per heavy atom. The van der Waals surface area contributed by atoms with Gasteiger partial charge in [-0.05, 0) is 12.1 Å². The highest BCUT2D eigenvalue weighted by atomic mass is 35.5. The summed E-state index contributed by atoms with van der Waals surface area (Å²) >= 11 is 4.82. The number of aromatic hydroxyl groups is 1. The fourth-order valence-electron chi connectivity index (χ4n) is 0.773.